The van der Waals surface area contributed by atoms with E-state index in [0.29, 0.717) is 23.1 Å². The number of thiophene rings is 1. The van der Waals surface area contributed by atoms with Crippen LogP contribution in [0.25, 0.3) is 0 Å². The molecule has 0 spiro atoms. The molecular weight excluding hydrogens is 322 g/mol. The second kappa shape index (κ2) is 8.47. The van der Waals surface area contributed by atoms with Crippen LogP contribution in [0.5, 0.6) is 0 Å². The second-order valence-corrected chi connectivity index (χ2v) is 8.57. The molecule has 24 heavy (non-hydrogen) atoms. The van der Waals surface area contributed by atoms with Gasteiger partial charge >= 0.3 is 5.97 Å². The SMILES string of the molecule is CCOC(=O)c1cc(C(C)CC(C)(C)C)sc1NC(=O)C=C(C)C. The predicted octanol–water partition coefficient (Wildman–Crippen LogP) is 5.37. The fraction of sp³-hybridized carbons (Fsp3) is 0.579. The van der Waals surface area contributed by atoms with E-state index in [2.05, 4.69) is 33.0 Å². The Morgan fingerprint density at radius 3 is 2.46 bits per heavy atom. The average molecular weight is 352 g/mol. The highest BCUT2D eigenvalue weighted by Gasteiger charge is 2.23. The number of amides is 1. The summed E-state index contributed by atoms with van der Waals surface area (Å²) in [4.78, 5) is 25.3. The number of anilines is 1. The summed E-state index contributed by atoms with van der Waals surface area (Å²) in [7, 11) is 0. The number of allylic oxidation sites excluding steroid dienone is 1. The van der Waals surface area contributed by atoms with E-state index in [1.165, 1.54) is 17.4 Å². The smallest absolute Gasteiger partial charge is 0.341 e. The highest BCUT2D eigenvalue weighted by molar-refractivity contribution is 7.16. The molecule has 0 aromatic carbocycles. The molecule has 5 heteroatoms. The van der Waals surface area contributed by atoms with Crippen molar-refractivity contribution in [3.05, 3.63) is 28.2 Å². The molecule has 0 aliphatic heterocycles. The minimum absolute atomic E-state index is 0.193. The molecule has 0 saturated heterocycles. The molecule has 1 amide bonds. The minimum atomic E-state index is -0.393. The van der Waals surface area contributed by atoms with E-state index in [1.807, 2.05) is 19.9 Å². The second-order valence-electron chi connectivity index (χ2n) is 7.49. The van der Waals surface area contributed by atoms with Crippen LogP contribution in [0, 0.1) is 5.41 Å². The van der Waals surface area contributed by atoms with Gasteiger partial charge in [0.2, 0.25) is 5.91 Å². The van der Waals surface area contributed by atoms with E-state index < -0.39 is 5.97 Å². The summed E-state index contributed by atoms with van der Waals surface area (Å²) in [5, 5.41) is 3.38. The third kappa shape index (κ3) is 6.48. The average Bonchev–Trinajstić information content (AvgIpc) is 2.80. The number of rotatable bonds is 6. The van der Waals surface area contributed by atoms with E-state index in [1.54, 1.807) is 6.92 Å². The first-order chi connectivity index (χ1) is 11.0. The zero-order chi connectivity index (χ0) is 18.5. The van der Waals surface area contributed by atoms with Crippen molar-refractivity contribution >= 4 is 28.2 Å². The van der Waals surface area contributed by atoms with Gasteiger partial charge in [-0.2, -0.15) is 0 Å². The van der Waals surface area contributed by atoms with E-state index >= 15 is 0 Å². The van der Waals surface area contributed by atoms with Crippen LogP contribution in [-0.4, -0.2) is 18.5 Å². The van der Waals surface area contributed by atoms with Crippen molar-refractivity contribution < 1.29 is 14.3 Å². The molecule has 1 aromatic rings. The maximum absolute atomic E-state index is 12.2. The number of ether oxygens (including phenoxy) is 1. The lowest BCUT2D eigenvalue weighted by Crippen LogP contribution is -2.12. The summed E-state index contributed by atoms with van der Waals surface area (Å²) in [5.74, 6) is -0.315. The van der Waals surface area contributed by atoms with Gasteiger partial charge in [-0.3, -0.25) is 4.79 Å². The number of hydrogen-bond acceptors (Lipinski definition) is 4. The van der Waals surface area contributed by atoms with Gasteiger partial charge < -0.3 is 10.1 Å². The highest BCUT2D eigenvalue weighted by atomic mass is 32.1. The third-order valence-corrected chi connectivity index (χ3v) is 4.59. The summed E-state index contributed by atoms with van der Waals surface area (Å²) in [6, 6.07) is 1.86. The molecular formula is C19H29NO3S. The molecule has 0 aliphatic carbocycles. The normalized spacial score (nSPS) is 12.5. The third-order valence-electron chi connectivity index (χ3n) is 3.31. The van der Waals surface area contributed by atoms with E-state index in [0.717, 1.165) is 16.9 Å². The molecule has 1 heterocycles. The fourth-order valence-corrected chi connectivity index (χ4v) is 3.64. The monoisotopic (exact) mass is 351 g/mol. The zero-order valence-corrected chi connectivity index (χ0v) is 16.6. The van der Waals surface area contributed by atoms with Crippen LogP contribution in [0.3, 0.4) is 0 Å². The first kappa shape index (κ1) is 20.4. The number of carbonyl (C=O) groups is 2. The van der Waals surface area contributed by atoms with Gasteiger partial charge in [-0.05, 0) is 44.6 Å². The molecule has 0 saturated carbocycles. The first-order valence-electron chi connectivity index (χ1n) is 8.30. The van der Waals surface area contributed by atoms with Crippen molar-refractivity contribution in [1.82, 2.24) is 0 Å². The van der Waals surface area contributed by atoms with Gasteiger partial charge in [0, 0.05) is 11.0 Å². The highest BCUT2D eigenvalue weighted by Crippen LogP contribution is 2.38. The van der Waals surface area contributed by atoms with Crippen molar-refractivity contribution in [1.29, 1.82) is 0 Å². The summed E-state index contributed by atoms with van der Waals surface area (Å²) in [6.45, 7) is 14.5. The lowest BCUT2D eigenvalue weighted by atomic mass is 9.85. The number of carbonyl (C=O) groups excluding carboxylic acids is 2. The molecule has 1 atom stereocenters. The van der Waals surface area contributed by atoms with E-state index in [9.17, 15) is 9.59 Å². The first-order valence-corrected chi connectivity index (χ1v) is 9.12. The molecule has 0 aliphatic rings. The van der Waals surface area contributed by atoms with Crippen molar-refractivity contribution in [2.45, 2.75) is 60.8 Å². The van der Waals surface area contributed by atoms with Gasteiger partial charge in [-0.25, -0.2) is 4.79 Å². The molecule has 1 N–H and O–H groups in total. The summed E-state index contributed by atoms with van der Waals surface area (Å²) in [6.07, 6.45) is 2.52. The van der Waals surface area contributed by atoms with Crippen LogP contribution in [0.2, 0.25) is 0 Å². The van der Waals surface area contributed by atoms with Crippen LogP contribution in [0.15, 0.2) is 17.7 Å². The van der Waals surface area contributed by atoms with E-state index in [4.69, 9.17) is 4.74 Å². The van der Waals surface area contributed by atoms with Crippen molar-refractivity contribution in [3.63, 3.8) is 0 Å². The van der Waals surface area contributed by atoms with Crippen LogP contribution in [0.1, 0.15) is 76.0 Å². The lowest BCUT2D eigenvalue weighted by molar-refractivity contribution is -0.111. The number of esters is 1. The quantitative estimate of drug-likeness (QED) is 0.554. The Morgan fingerprint density at radius 2 is 1.96 bits per heavy atom. The largest absolute Gasteiger partial charge is 0.462 e. The van der Waals surface area contributed by atoms with Crippen LogP contribution < -0.4 is 5.32 Å². The van der Waals surface area contributed by atoms with Gasteiger partial charge in [0.15, 0.2) is 0 Å². The van der Waals surface area contributed by atoms with Crippen LogP contribution in [0.4, 0.5) is 5.00 Å². The Balaban J connectivity index is 3.13. The Bertz CT molecular complexity index is 619. The Hall–Kier alpha value is -1.62. The Kier molecular flexibility index (Phi) is 7.21. The molecule has 0 fully saturated rings. The summed E-state index contributed by atoms with van der Waals surface area (Å²) in [5.41, 5.74) is 1.54. The van der Waals surface area contributed by atoms with E-state index in [-0.39, 0.29) is 11.3 Å². The zero-order valence-electron chi connectivity index (χ0n) is 15.8. The van der Waals surface area contributed by atoms with Crippen molar-refractivity contribution in [2.24, 2.45) is 5.41 Å². The predicted molar refractivity (Wildman–Crippen MR) is 101 cm³/mol. The van der Waals surface area contributed by atoms with Gasteiger partial charge in [-0.15, -0.1) is 11.3 Å². The van der Waals surface area contributed by atoms with Gasteiger partial charge in [0.1, 0.15) is 5.00 Å². The fourth-order valence-electron chi connectivity index (χ4n) is 2.54. The molecule has 4 nitrogen and oxygen atoms in total. The minimum Gasteiger partial charge on any atom is -0.462 e. The van der Waals surface area contributed by atoms with Gasteiger partial charge in [-0.1, -0.05) is 33.3 Å². The Morgan fingerprint density at radius 1 is 1.33 bits per heavy atom. The number of nitrogens with one attached hydrogen (secondary N) is 1. The van der Waals surface area contributed by atoms with Gasteiger partial charge in [0.05, 0.1) is 12.2 Å². The molecule has 134 valence electrons. The molecule has 0 bridgehead atoms. The molecule has 1 aromatic heterocycles. The molecule has 1 rings (SSSR count). The summed E-state index contributed by atoms with van der Waals surface area (Å²) < 4.78 is 5.13. The Labute approximate surface area is 149 Å². The van der Waals surface area contributed by atoms with Crippen LogP contribution in [-0.2, 0) is 9.53 Å². The topological polar surface area (TPSA) is 55.4 Å². The summed E-state index contributed by atoms with van der Waals surface area (Å²) >= 11 is 1.46. The maximum Gasteiger partial charge on any atom is 0.341 e. The standard InChI is InChI=1S/C19H29NO3S/c1-8-23-18(22)14-10-15(13(4)11-19(5,6)7)24-17(14)20-16(21)9-12(2)3/h9-10,13H,8,11H2,1-7H3,(H,20,21). The molecule has 0 radical (unpaired) electrons. The molecule has 1 unspecified atom stereocenters. The van der Waals surface area contributed by atoms with Crippen molar-refractivity contribution in [2.75, 3.05) is 11.9 Å². The van der Waals surface area contributed by atoms with Crippen LogP contribution >= 0.6 is 11.3 Å². The number of hydrogen-bond donors (Lipinski definition) is 1. The lowest BCUT2D eigenvalue weighted by Gasteiger charge is -2.22. The van der Waals surface area contributed by atoms with Gasteiger partial charge in [0.25, 0.3) is 0 Å². The van der Waals surface area contributed by atoms with Crippen molar-refractivity contribution in [3.8, 4) is 0 Å². The maximum atomic E-state index is 12.2.